The van der Waals surface area contributed by atoms with Crippen LogP contribution in [0.2, 0.25) is 0 Å². The Bertz CT molecular complexity index is 678. The van der Waals surface area contributed by atoms with E-state index in [1.807, 2.05) is 24.3 Å². The Morgan fingerprint density at radius 1 is 1.04 bits per heavy atom. The minimum atomic E-state index is -0.861. The van der Waals surface area contributed by atoms with Crippen LogP contribution in [0.15, 0.2) is 58.8 Å². The smallest absolute Gasteiger partial charge is 0.158 e. The van der Waals surface area contributed by atoms with Gasteiger partial charge in [-0.15, -0.1) is 11.6 Å². The van der Waals surface area contributed by atoms with Gasteiger partial charge in [-0.3, -0.25) is 0 Å². The maximum Gasteiger partial charge on any atom is 0.158 e. The first kappa shape index (κ1) is 17.1. The summed E-state index contributed by atoms with van der Waals surface area (Å²) in [7, 11) is 0. The Balaban J connectivity index is 1.93. The van der Waals surface area contributed by atoms with Gasteiger partial charge in [0, 0.05) is 12.3 Å². The summed E-state index contributed by atoms with van der Waals surface area (Å²) in [6.07, 6.45) is -0.468. The second kappa shape index (κ2) is 9.01. The molecule has 0 amide bonds. The van der Waals surface area contributed by atoms with Gasteiger partial charge in [0.2, 0.25) is 0 Å². The lowest BCUT2D eigenvalue weighted by molar-refractivity contribution is -0.0920. The quantitative estimate of drug-likeness (QED) is 0.472. The first-order valence-electron chi connectivity index (χ1n) is 7.08. The zero-order valence-corrected chi connectivity index (χ0v) is 13.1. The zero-order valence-electron chi connectivity index (χ0n) is 12.4. The number of aliphatic hydroxyl groups is 1. The second-order valence-corrected chi connectivity index (χ2v) is 5.12. The Labute approximate surface area is 139 Å². The molecule has 0 fully saturated rings. The van der Waals surface area contributed by atoms with E-state index in [-0.39, 0.29) is 0 Å². The Morgan fingerprint density at radius 3 is 2.13 bits per heavy atom. The van der Waals surface area contributed by atoms with Gasteiger partial charge in [0.25, 0.3) is 0 Å². The average Bonchev–Trinajstić information content (AvgIpc) is 2.60. The van der Waals surface area contributed by atoms with E-state index in [9.17, 15) is 5.11 Å². The number of hydrogen-bond acceptors (Lipinski definition) is 5. The molecular weight excluding hydrogens is 314 g/mol. The maximum absolute atomic E-state index is 9.65. The summed E-state index contributed by atoms with van der Waals surface area (Å²) in [6.45, 7) is 0.319. The molecule has 0 aliphatic heterocycles. The number of benzene rings is 2. The Morgan fingerprint density at radius 2 is 1.61 bits per heavy atom. The van der Waals surface area contributed by atoms with E-state index in [1.54, 1.807) is 24.3 Å². The molecule has 2 rings (SSSR count). The predicted molar refractivity (Wildman–Crippen MR) is 88.2 cm³/mol. The van der Waals surface area contributed by atoms with Crippen LogP contribution in [0.3, 0.4) is 0 Å². The van der Waals surface area contributed by atoms with E-state index in [2.05, 4.69) is 16.3 Å². The summed E-state index contributed by atoms with van der Waals surface area (Å²) in [5.41, 5.74) is 2.90. The molecule has 2 aromatic rings. The van der Waals surface area contributed by atoms with Crippen LogP contribution < -0.4 is 0 Å². The fraction of sp³-hybridized carbons (Fsp3) is 0.235. The molecule has 2 aromatic carbocycles. The van der Waals surface area contributed by atoms with Crippen LogP contribution in [0.25, 0.3) is 0 Å². The van der Waals surface area contributed by atoms with Gasteiger partial charge in [0.1, 0.15) is 0 Å². The van der Waals surface area contributed by atoms with Crippen molar-refractivity contribution in [2.24, 2.45) is 10.2 Å². The minimum Gasteiger partial charge on any atom is -0.368 e. The lowest BCUT2D eigenvalue weighted by atomic mass is 10.1. The number of halogens is 1. The van der Waals surface area contributed by atoms with Gasteiger partial charge in [-0.1, -0.05) is 12.1 Å². The molecule has 0 heterocycles. The van der Waals surface area contributed by atoms with Gasteiger partial charge in [0.05, 0.1) is 29.6 Å². The molecule has 0 bridgehead atoms. The van der Waals surface area contributed by atoms with Crippen LogP contribution in [-0.2, 0) is 11.2 Å². The maximum atomic E-state index is 9.65. The third-order valence-electron chi connectivity index (χ3n) is 3.01. The average molecular weight is 330 g/mol. The normalized spacial score (nSPS) is 12.2. The predicted octanol–water partition coefficient (Wildman–Crippen LogP) is 4.09. The molecule has 0 saturated heterocycles. The third-order valence-corrected chi connectivity index (χ3v) is 3.17. The number of rotatable bonds is 7. The van der Waals surface area contributed by atoms with Gasteiger partial charge < -0.3 is 9.84 Å². The molecule has 0 aromatic heterocycles. The molecule has 1 N–H and O–H groups in total. The van der Waals surface area contributed by atoms with Gasteiger partial charge >= 0.3 is 0 Å². The summed E-state index contributed by atoms with van der Waals surface area (Å²) in [5, 5.41) is 26.6. The van der Waals surface area contributed by atoms with Crippen molar-refractivity contribution in [1.82, 2.24) is 0 Å². The zero-order chi connectivity index (χ0) is 16.5. The SMILES string of the molecule is N#Cc1ccc(N=Nc2ccc(CC(O)OCCCl)cc2)cc1. The van der Waals surface area contributed by atoms with E-state index in [0.29, 0.717) is 35.8 Å². The highest BCUT2D eigenvalue weighted by Gasteiger charge is 2.05. The largest absolute Gasteiger partial charge is 0.368 e. The van der Waals surface area contributed by atoms with Crippen molar-refractivity contribution >= 4 is 23.0 Å². The highest BCUT2D eigenvalue weighted by Crippen LogP contribution is 2.19. The molecule has 6 heteroatoms. The molecule has 1 unspecified atom stereocenters. The van der Waals surface area contributed by atoms with E-state index in [0.717, 1.165) is 5.56 Å². The topological polar surface area (TPSA) is 78.0 Å². The van der Waals surface area contributed by atoms with Crippen molar-refractivity contribution in [2.45, 2.75) is 12.7 Å². The highest BCUT2D eigenvalue weighted by molar-refractivity contribution is 6.17. The molecular formula is C17H16ClN3O2. The van der Waals surface area contributed by atoms with Crippen molar-refractivity contribution < 1.29 is 9.84 Å². The molecule has 0 aliphatic carbocycles. The van der Waals surface area contributed by atoms with Crippen molar-refractivity contribution in [3.05, 3.63) is 59.7 Å². The standard InChI is InChI=1S/C17H16ClN3O2/c18-9-10-23-17(22)11-13-1-5-15(6-2-13)20-21-16-7-3-14(12-19)4-8-16/h1-8,17,22H,9-11H2. The van der Waals surface area contributed by atoms with E-state index in [4.69, 9.17) is 21.6 Å². The summed E-state index contributed by atoms with van der Waals surface area (Å²) >= 11 is 5.50. The summed E-state index contributed by atoms with van der Waals surface area (Å²) in [4.78, 5) is 0. The van der Waals surface area contributed by atoms with Crippen LogP contribution >= 0.6 is 11.6 Å². The molecule has 5 nitrogen and oxygen atoms in total. The lowest BCUT2D eigenvalue weighted by Gasteiger charge is -2.10. The van der Waals surface area contributed by atoms with Gasteiger partial charge in [-0.25, -0.2) is 0 Å². The van der Waals surface area contributed by atoms with Gasteiger partial charge in [-0.2, -0.15) is 15.5 Å². The molecule has 1 atom stereocenters. The first-order valence-corrected chi connectivity index (χ1v) is 7.61. The summed E-state index contributed by atoms with van der Waals surface area (Å²) < 4.78 is 5.11. The van der Waals surface area contributed by atoms with E-state index < -0.39 is 6.29 Å². The molecule has 23 heavy (non-hydrogen) atoms. The molecule has 0 radical (unpaired) electrons. The van der Waals surface area contributed by atoms with Crippen LogP contribution in [-0.4, -0.2) is 23.9 Å². The number of aliphatic hydroxyl groups excluding tert-OH is 1. The first-order chi connectivity index (χ1) is 11.2. The fourth-order valence-corrected chi connectivity index (χ4v) is 1.95. The van der Waals surface area contributed by atoms with Crippen molar-refractivity contribution in [2.75, 3.05) is 12.5 Å². The monoisotopic (exact) mass is 329 g/mol. The fourth-order valence-electron chi connectivity index (χ4n) is 1.86. The molecule has 118 valence electrons. The highest BCUT2D eigenvalue weighted by atomic mass is 35.5. The second-order valence-electron chi connectivity index (χ2n) is 4.74. The lowest BCUT2D eigenvalue weighted by Crippen LogP contribution is -2.16. The third kappa shape index (κ3) is 5.80. The number of nitriles is 1. The van der Waals surface area contributed by atoms with Gasteiger partial charge in [0.15, 0.2) is 6.29 Å². The Kier molecular flexibility index (Phi) is 6.70. The van der Waals surface area contributed by atoms with Crippen LogP contribution in [0, 0.1) is 11.3 Å². The van der Waals surface area contributed by atoms with Gasteiger partial charge in [-0.05, 0) is 42.0 Å². The number of nitrogens with zero attached hydrogens (tertiary/aromatic N) is 3. The van der Waals surface area contributed by atoms with E-state index in [1.165, 1.54) is 0 Å². The molecule has 0 saturated carbocycles. The number of ether oxygens (including phenoxy) is 1. The Hall–Kier alpha value is -2.26. The minimum absolute atomic E-state index is 0.319. The van der Waals surface area contributed by atoms with Crippen molar-refractivity contribution in [1.29, 1.82) is 5.26 Å². The number of hydrogen-bond donors (Lipinski definition) is 1. The van der Waals surface area contributed by atoms with Crippen LogP contribution in [0.1, 0.15) is 11.1 Å². The number of alkyl halides is 1. The summed E-state index contributed by atoms with van der Waals surface area (Å²) in [6, 6.07) is 16.3. The number of azo groups is 1. The molecule has 0 aliphatic rings. The summed E-state index contributed by atoms with van der Waals surface area (Å²) in [5.74, 6) is 0.353. The molecule has 0 spiro atoms. The van der Waals surface area contributed by atoms with Crippen molar-refractivity contribution in [3.8, 4) is 6.07 Å². The van der Waals surface area contributed by atoms with E-state index >= 15 is 0 Å². The van der Waals surface area contributed by atoms with Crippen LogP contribution in [0.4, 0.5) is 11.4 Å². The van der Waals surface area contributed by atoms with Crippen LogP contribution in [0.5, 0.6) is 0 Å². The van der Waals surface area contributed by atoms with Crippen molar-refractivity contribution in [3.63, 3.8) is 0 Å².